The van der Waals surface area contributed by atoms with Gasteiger partial charge in [-0.3, -0.25) is 0 Å². The minimum Gasteiger partial charge on any atom is -0.497 e. The fourth-order valence-corrected chi connectivity index (χ4v) is 2.45. The summed E-state index contributed by atoms with van der Waals surface area (Å²) in [6.45, 7) is 0.518. The summed E-state index contributed by atoms with van der Waals surface area (Å²) in [6, 6.07) is 13.4. The van der Waals surface area contributed by atoms with Crippen molar-refractivity contribution in [2.45, 2.75) is 6.54 Å². The maximum atomic E-state index is 9.05. The number of fused-ring (bicyclic) bond motifs is 1. The van der Waals surface area contributed by atoms with Crippen molar-refractivity contribution in [3.63, 3.8) is 0 Å². The summed E-state index contributed by atoms with van der Waals surface area (Å²) in [5, 5.41) is 10.5. The van der Waals surface area contributed by atoms with Crippen LogP contribution in [0.2, 0.25) is 5.15 Å². The van der Waals surface area contributed by atoms with Gasteiger partial charge in [0.15, 0.2) is 0 Å². The Hall–Kier alpha value is -2.51. The van der Waals surface area contributed by atoms with E-state index in [1.807, 2.05) is 41.1 Å². The molecule has 2 aromatic heterocycles. The predicted molar refractivity (Wildman–Crippen MR) is 81.6 cm³/mol. The van der Waals surface area contributed by atoms with E-state index in [2.05, 4.69) is 11.1 Å². The van der Waals surface area contributed by atoms with Crippen LogP contribution < -0.4 is 4.74 Å². The molecule has 0 radical (unpaired) electrons. The molecule has 0 atom stereocenters. The fraction of sp³-hybridized carbons (Fsp3) is 0.125. The van der Waals surface area contributed by atoms with Crippen LogP contribution in [0.5, 0.6) is 5.75 Å². The van der Waals surface area contributed by atoms with Gasteiger partial charge < -0.3 is 9.30 Å². The lowest BCUT2D eigenvalue weighted by Crippen LogP contribution is -2.02. The molecule has 0 fully saturated rings. The van der Waals surface area contributed by atoms with Crippen molar-refractivity contribution >= 4 is 22.5 Å². The second-order valence-electron chi connectivity index (χ2n) is 4.63. The third kappa shape index (κ3) is 2.56. The van der Waals surface area contributed by atoms with Crippen molar-refractivity contribution in [3.05, 3.63) is 59.0 Å². The summed E-state index contributed by atoms with van der Waals surface area (Å²) in [7, 11) is 1.62. The van der Waals surface area contributed by atoms with Gasteiger partial charge in [-0.25, -0.2) is 4.98 Å². The highest BCUT2D eigenvalue weighted by Gasteiger charge is 2.08. The maximum absolute atomic E-state index is 9.05. The average molecular weight is 298 g/mol. The van der Waals surface area contributed by atoms with E-state index in [1.165, 1.54) is 0 Å². The summed E-state index contributed by atoms with van der Waals surface area (Å²) in [4.78, 5) is 4.41. The quantitative estimate of drug-likeness (QED) is 0.694. The molecule has 3 rings (SSSR count). The van der Waals surface area contributed by atoms with Gasteiger partial charge in [-0.15, -0.1) is 0 Å². The van der Waals surface area contributed by atoms with Crippen LogP contribution in [0, 0.1) is 11.3 Å². The number of hydrogen-bond acceptors (Lipinski definition) is 3. The van der Waals surface area contributed by atoms with E-state index >= 15 is 0 Å². The molecule has 0 aliphatic heterocycles. The Balaban J connectivity index is 2.03. The van der Waals surface area contributed by atoms with Crippen LogP contribution >= 0.6 is 11.6 Å². The van der Waals surface area contributed by atoms with E-state index in [9.17, 15) is 0 Å². The number of nitriles is 1. The van der Waals surface area contributed by atoms with E-state index in [1.54, 1.807) is 13.2 Å². The van der Waals surface area contributed by atoms with Gasteiger partial charge in [-0.1, -0.05) is 11.6 Å². The predicted octanol–water partition coefficient (Wildman–Crippen LogP) is 3.62. The van der Waals surface area contributed by atoms with Crippen LogP contribution in [0.3, 0.4) is 0 Å². The molecule has 21 heavy (non-hydrogen) atoms. The molecule has 2 heterocycles. The maximum Gasteiger partial charge on any atom is 0.134 e. The second-order valence-corrected chi connectivity index (χ2v) is 4.99. The lowest BCUT2D eigenvalue weighted by Gasteiger charge is -2.09. The highest BCUT2D eigenvalue weighted by Crippen LogP contribution is 2.25. The van der Waals surface area contributed by atoms with Crippen LogP contribution in [0.1, 0.15) is 11.3 Å². The minimum absolute atomic E-state index is 0.438. The van der Waals surface area contributed by atoms with Crippen LogP contribution in [-0.2, 0) is 6.54 Å². The van der Waals surface area contributed by atoms with Crippen molar-refractivity contribution in [1.82, 2.24) is 9.55 Å². The van der Waals surface area contributed by atoms with Gasteiger partial charge in [0.05, 0.1) is 19.2 Å². The first-order chi connectivity index (χ1) is 10.2. The summed E-state index contributed by atoms with van der Waals surface area (Å²) in [5.74, 6) is 0.746. The van der Waals surface area contributed by atoms with Crippen molar-refractivity contribution in [2.24, 2.45) is 0 Å². The number of methoxy groups -OCH3 is 1. The molecule has 0 aliphatic carbocycles. The van der Waals surface area contributed by atoms with Crippen LogP contribution in [0.4, 0.5) is 0 Å². The highest BCUT2D eigenvalue weighted by molar-refractivity contribution is 6.30. The van der Waals surface area contributed by atoms with E-state index in [0.29, 0.717) is 17.4 Å². The minimum atomic E-state index is 0.438. The Kier molecular flexibility index (Phi) is 3.51. The summed E-state index contributed by atoms with van der Waals surface area (Å²) >= 11 is 6.26. The first kappa shape index (κ1) is 13.5. The summed E-state index contributed by atoms with van der Waals surface area (Å²) < 4.78 is 7.03. The molecular formula is C16H12ClN3O. The SMILES string of the molecule is COc1ccc2cc(Cn3cccc3C#N)c(Cl)nc2c1. The highest BCUT2D eigenvalue weighted by atomic mass is 35.5. The van der Waals surface area contributed by atoms with Gasteiger partial charge in [-0.05, 0) is 30.3 Å². The zero-order chi connectivity index (χ0) is 14.8. The molecule has 0 saturated heterocycles. The number of halogens is 1. The lowest BCUT2D eigenvalue weighted by atomic mass is 10.1. The number of rotatable bonds is 3. The molecule has 0 saturated carbocycles. The van der Waals surface area contributed by atoms with Crippen molar-refractivity contribution in [1.29, 1.82) is 5.26 Å². The molecule has 0 unspecified atom stereocenters. The van der Waals surface area contributed by atoms with E-state index < -0.39 is 0 Å². The number of aromatic nitrogens is 2. The smallest absolute Gasteiger partial charge is 0.134 e. The summed E-state index contributed by atoms with van der Waals surface area (Å²) in [6.07, 6.45) is 1.85. The topological polar surface area (TPSA) is 50.8 Å². The van der Waals surface area contributed by atoms with Gasteiger partial charge in [0.25, 0.3) is 0 Å². The van der Waals surface area contributed by atoms with Gasteiger partial charge in [0, 0.05) is 23.2 Å². The molecule has 3 aromatic rings. The molecular weight excluding hydrogens is 286 g/mol. The number of nitrogens with zero attached hydrogens (tertiary/aromatic N) is 3. The molecule has 104 valence electrons. The average Bonchev–Trinajstić information content (AvgIpc) is 2.94. The molecule has 4 nitrogen and oxygen atoms in total. The third-order valence-electron chi connectivity index (χ3n) is 3.34. The molecule has 0 spiro atoms. The van der Waals surface area contributed by atoms with Gasteiger partial charge >= 0.3 is 0 Å². The van der Waals surface area contributed by atoms with Gasteiger partial charge in [0.2, 0.25) is 0 Å². The van der Waals surface area contributed by atoms with Gasteiger partial charge in [-0.2, -0.15) is 5.26 Å². The molecule has 0 N–H and O–H groups in total. The normalized spacial score (nSPS) is 10.5. The second kappa shape index (κ2) is 5.47. The molecule has 0 amide bonds. The third-order valence-corrected chi connectivity index (χ3v) is 3.66. The number of benzene rings is 1. The first-order valence-electron chi connectivity index (χ1n) is 6.39. The standard InChI is InChI=1S/C16H12ClN3O/c1-21-14-5-4-11-7-12(16(17)19-15(11)8-14)10-20-6-2-3-13(20)9-18/h2-8H,10H2,1H3. The van der Waals surface area contributed by atoms with Gasteiger partial charge in [0.1, 0.15) is 22.7 Å². The van der Waals surface area contributed by atoms with Crippen LogP contribution in [-0.4, -0.2) is 16.7 Å². The van der Waals surface area contributed by atoms with Crippen molar-refractivity contribution in [2.75, 3.05) is 7.11 Å². The Morgan fingerprint density at radius 2 is 2.19 bits per heavy atom. The first-order valence-corrected chi connectivity index (χ1v) is 6.77. The Morgan fingerprint density at radius 3 is 2.95 bits per heavy atom. The largest absolute Gasteiger partial charge is 0.497 e. The van der Waals surface area contributed by atoms with Crippen molar-refractivity contribution < 1.29 is 4.74 Å². The van der Waals surface area contributed by atoms with Crippen LogP contribution in [0.25, 0.3) is 10.9 Å². The molecule has 5 heteroatoms. The summed E-state index contributed by atoms with van der Waals surface area (Å²) in [5.41, 5.74) is 2.26. The van der Waals surface area contributed by atoms with Crippen molar-refractivity contribution in [3.8, 4) is 11.8 Å². The lowest BCUT2D eigenvalue weighted by molar-refractivity contribution is 0.415. The zero-order valence-electron chi connectivity index (χ0n) is 11.4. The van der Waals surface area contributed by atoms with Crippen LogP contribution in [0.15, 0.2) is 42.6 Å². The Labute approximate surface area is 127 Å². The fourth-order valence-electron chi connectivity index (χ4n) is 2.24. The molecule has 1 aromatic carbocycles. The van der Waals surface area contributed by atoms with E-state index in [0.717, 1.165) is 22.2 Å². The number of pyridine rings is 1. The van der Waals surface area contributed by atoms with E-state index in [-0.39, 0.29) is 0 Å². The zero-order valence-corrected chi connectivity index (χ0v) is 12.1. The number of ether oxygens (including phenoxy) is 1. The number of hydrogen-bond donors (Lipinski definition) is 0. The Morgan fingerprint density at radius 1 is 1.33 bits per heavy atom. The Bertz CT molecular complexity index is 848. The molecule has 0 aliphatic rings. The monoisotopic (exact) mass is 297 g/mol. The van der Waals surface area contributed by atoms with E-state index in [4.69, 9.17) is 21.6 Å². The molecule has 0 bridgehead atoms.